The van der Waals surface area contributed by atoms with E-state index < -0.39 is 0 Å². The number of fused-ring (bicyclic) bond motifs is 1. The first-order chi connectivity index (χ1) is 11.8. The van der Waals surface area contributed by atoms with Crippen molar-refractivity contribution in [2.75, 3.05) is 0 Å². The molecule has 0 spiro atoms. The molecular formula is C17H13N5OS. The fourth-order valence-electron chi connectivity index (χ4n) is 2.48. The van der Waals surface area contributed by atoms with E-state index in [0.29, 0.717) is 12.2 Å². The quantitative estimate of drug-likeness (QED) is 0.622. The summed E-state index contributed by atoms with van der Waals surface area (Å²) in [5.74, 6) is -0.226. The first-order valence-electron chi connectivity index (χ1n) is 7.37. The average molecular weight is 335 g/mol. The largest absolute Gasteiger partial charge is 0.345 e. The molecule has 0 aromatic carbocycles. The van der Waals surface area contributed by atoms with Gasteiger partial charge in [-0.3, -0.25) is 19.2 Å². The van der Waals surface area contributed by atoms with Crippen LogP contribution < -0.4 is 5.32 Å². The summed E-state index contributed by atoms with van der Waals surface area (Å²) in [4.78, 5) is 26.3. The van der Waals surface area contributed by atoms with Crippen LogP contribution in [0.3, 0.4) is 0 Å². The van der Waals surface area contributed by atoms with Gasteiger partial charge in [0.1, 0.15) is 0 Å². The molecular weight excluding hydrogens is 322 g/mol. The van der Waals surface area contributed by atoms with E-state index in [0.717, 1.165) is 21.9 Å². The lowest BCUT2D eigenvalue weighted by atomic mass is 10.1. The molecule has 24 heavy (non-hydrogen) atoms. The molecule has 4 heterocycles. The summed E-state index contributed by atoms with van der Waals surface area (Å²) >= 11 is 1.49. The Morgan fingerprint density at radius 3 is 2.96 bits per heavy atom. The van der Waals surface area contributed by atoms with Crippen LogP contribution in [0.2, 0.25) is 0 Å². The number of imidazole rings is 1. The van der Waals surface area contributed by atoms with Gasteiger partial charge in [-0.2, -0.15) is 0 Å². The van der Waals surface area contributed by atoms with Crippen molar-refractivity contribution in [3.05, 3.63) is 71.9 Å². The maximum absolute atomic E-state index is 12.6. The molecule has 118 valence electrons. The van der Waals surface area contributed by atoms with Crippen molar-refractivity contribution in [3.8, 4) is 11.3 Å². The number of aromatic nitrogens is 4. The number of carbonyl (C=O) groups excluding carboxylic acids is 1. The minimum absolute atomic E-state index is 0.226. The van der Waals surface area contributed by atoms with Crippen molar-refractivity contribution in [2.24, 2.45) is 0 Å². The summed E-state index contributed by atoms with van der Waals surface area (Å²) in [5.41, 5.74) is 2.80. The number of pyridine rings is 2. The highest BCUT2D eigenvalue weighted by atomic mass is 32.1. The van der Waals surface area contributed by atoms with Crippen LogP contribution in [0.15, 0.2) is 60.5 Å². The summed E-state index contributed by atoms with van der Waals surface area (Å²) in [7, 11) is 0. The Kier molecular flexibility index (Phi) is 3.76. The molecule has 1 amide bonds. The minimum Gasteiger partial charge on any atom is -0.345 e. The summed E-state index contributed by atoms with van der Waals surface area (Å²) in [6, 6.07) is 9.37. The first kappa shape index (κ1) is 14.5. The predicted molar refractivity (Wildman–Crippen MR) is 91.7 cm³/mol. The van der Waals surface area contributed by atoms with Gasteiger partial charge in [0.2, 0.25) is 0 Å². The smallest absolute Gasteiger partial charge is 0.272 e. The molecule has 0 fully saturated rings. The normalized spacial score (nSPS) is 10.8. The van der Waals surface area contributed by atoms with Crippen molar-refractivity contribution in [1.29, 1.82) is 0 Å². The number of nitrogens with zero attached hydrogens (tertiary/aromatic N) is 4. The van der Waals surface area contributed by atoms with Crippen molar-refractivity contribution in [3.63, 3.8) is 0 Å². The molecule has 4 rings (SSSR count). The zero-order valence-corrected chi connectivity index (χ0v) is 13.4. The Labute approximate surface area is 141 Å². The molecule has 0 aliphatic heterocycles. The van der Waals surface area contributed by atoms with Crippen molar-refractivity contribution >= 4 is 22.2 Å². The highest BCUT2D eigenvalue weighted by molar-refractivity contribution is 7.15. The molecule has 1 N–H and O–H groups in total. The van der Waals surface area contributed by atoms with Gasteiger partial charge < -0.3 is 5.32 Å². The molecule has 0 atom stereocenters. The third-order valence-corrected chi connectivity index (χ3v) is 4.32. The number of hydrogen-bond acceptors (Lipinski definition) is 5. The zero-order chi connectivity index (χ0) is 16.4. The predicted octanol–water partition coefficient (Wildman–Crippen LogP) is 2.78. The second-order valence-corrected chi connectivity index (χ2v) is 5.98. The first-order valence-corrected chi connectivity index (χ1v) is 8.25. The molecule has 4 aromatic rings. The molecule has 0 saturated heterocycles. The number of hydrogen-bond donors (Lipinski definition) is 1. The van der Waals surface area contributed by atoms with Crippen LogP contribution in [0.5, 0.6) is 0 Å². The molecule has 0 radical (unpaired) electrons. The maximum atomic E-state index is 12.6. The summed E-state index contributed by atoms with van der Waals surface area (Å²) in [5, 5.41) is 4.83. The van der Waals surface area contributed by atoms with Gasteiger partial charge in [0.25, 0.3) is 5.91 Å². The minimum atomic E-state index is -0.226. The van der Waals surface area contributed by atoms with Crippen LogP contribution in [-0.2, 0) is 6.54 Å². The second-order valence-electron chi connectivity index (χ2n) is 5.11. The fourth-order valence-corrected chi connectivity index (χ4v) is 3.19. The van der Waals surface area contributed by atoms with Gasteiger partial charge >= 0.3 is 0 Å². The highest BCUT2D eigenvalue weighted by Gasteiger charge is 2.21. The zero-order valence-electron chi connectivity index (χ0n) is 12.6. The number of nitrogens with one attached hydrogen (secondary N) is 1. The lowest BCUT2D eigenvalue weighted by Crippen LogP contribution is -2.24. The number of thiazole rings is 1. The van der Waals surface area contributed by atoms with Crippen LogP contribution in [-0.4, -0.2) is 25.3 Å². The molecule has 0 unspecified atom stereocenters. The van der Waals surface area contributed by atoms with Crippen LogP contribution in [0.1, 0.15) is 16.2 Å². The Hall–Kier alpha value is -3.06. The van der Waals surface area contributed by atoms with Gasteiger partial charge in [-0.1, -0.05) is 6.07 Å². The molecule has 6 nitrogen and oxygen atoms in total. The van der Waals surface area contributed by atoms with Crippen LogP contribution in [0.4, 0.5) is 0 Å². The van der Waals surface area contributed by atoms with E-state index in [4.69, 9.17) is 0 Å². The topological polar surface area (TPSA) is 72.2 Å². The third kappa shape index (κ3) is 2.65. The number of carbonyl (C=O) groups is 1. The molecule has 4 aromatic heterocycles. The second kappa shape index (κ2) is 6.21. The van der Waals surface area contributed by atoms with E-state index in [1.807, 2.05) is 46.3 Å². The van der Waals surface area contributed by atoms with E-state index in [1.165, 1.54) is 11.3 Å². The third-order valence-electron chi connectivity index (χ3n) is 3.57. The average Bonchev–Trinajstić information content (AvgIpc) is 3.22. The molecule has 0 bridgehead atoms. The number of amides is 1. The number of rotatable bonds is 4. The molecule has 0 aliphatic carbocycles. The summed E-state index contributed by atoms with van der Waals surface area (Å²) in [6.45, 7) is 0.358. The molecule has 7 heteroatoms. The Balaban J connectivity index is 1.68. The van der Waals surface area contributed by atoms with Crippen LogP contribution in [0.25, 0.3) is 16.2 Å². The van der Waals surface area contributed by atoms with E-state index in [-0.39, 0.29) is 5.91 Å². The van der Waals surface area contributed by atoms with E-state index in [1.54, 1.807) is 18.6 Å². The van der Waals surface area contributed by atoms with Crippen molar-refractivity contribution in [1.82, 2.24) is 24.7 Å². The van der Waals surface area contributed by atoms with Gasteiger partial charge in [-0.25, -0.2) is 4.98 Å². The van der Waals surface area contributed by atoms with Gasteiger partial charge in [-0.05, 0) is 24.3 Å². The van der Waals surface area contributed by atoms with E-state index >= 15 is 0 Å². The van der Waals surface area contributed by atoms with Crippen LogP contribution in [0, 0.1) is 0 Å². The van der Waals surface area contributed by atoms with Crippen molar-refractivity contribution < 1.29 is 4.79 Å². The Bertz CT molecular complexity index is 978. The molecule has 0 aliphatic rings. The Morgan fingerprint density at radius 2 is 2.17 bits per heavy atom. The Morgan fingerprint density at radius 1 is 1.21 bits per heavy atom. The fraction of sp³-hybridized carbons (Fsp3) is 0.0588. The van der Waals surface area contributed by atoms with Gasteiger partial charge in [-0.15, -0.1) is 11.3 Å². The standard InChI is InChI=1S/C17H13N5OS/c23-16(20-11-13-5-1-2-7-19-13)14-15(12-4-3-6-18-10-12)22-8-9-24-17(22)21-14/h1-10H,11H2,(H,20,23). The maximum Gasteiger partial charge on any atom is 0.272 e. The lowest BCUT2D eigenvalue weighted by molar-refractivity contribution is 0.0947. The lowest BCUT2D eigenvalue weighted by Gasteiger charge is -2.06. The van der Waals surface area contributed by atoms with Gasteiger partial charge in [0.15, 0.2) is 10.7 Å². The van der Waals surface area contributed by atoms with Crippen molar-refractivity contribution in [2.45, 2.75) is 6.54 Å². The van der Waals surface area contributed by atoms with Gasteiger partial charge in [0, 0.05) is 35.7 Å². The SMILES string of the molecule is O=C(NCc1ccccn1)c1nc2sccn2c1-c1cccnc1. The van der Waals surface area contributed by atoms with Crippen LogP contribution >= 0.6 is 11.3 Å². The summed E-state index contributed by atoms with van der Waals surface area (Å²) in [6.07, 6.45) is 7.05. The monoisotopic (exact) mass is 335 g/mol. The molecule has 0 saturated carbocycles. The highest BCUT2D eigenvalue weighted by Crippen LogP contribution is 2.26. The van der Waals surface area contributed by atoms with E-state index in [2.05, 4.69) is 20.3 Å². The van der Waals surface area contributed by atoms with E-state index in [9.17, 15) is 4.79 Å². The summed E-state index contributed by atoms with van der Waals surface area (Å²) < 4.78 is 1.91. The van der Waals surface area contributed by atoms with Gasteiger partial charge in [0.05, 0.1) is 17.9 Å².